The summed E-state index contributed by atoms with van der Waals surface area (Å²) in [4.78, 5) is 19.5. The van der Waals surface area contributed by atoms with Crippen LogP contribution in [0.3, 0.4) is 0 Å². The number of aromatic nitrogens is 2. The molecule has 6 nitrogen and oxygen atoms in total. The lowest BCUT2D eigenvalue weighted by molar-refractivity contribution is -0.0960. The largest absolute Gasteiger partial charge is 0.485 e. The fraction of sp³-hybridized carbons (Fsp3) is 0.588. The van der Waals surface area contributed by atoms with Crippen molar-refractivity contribution in [3.8, 4) is 5.75 Å². The van der Waals surface area contributed by atoms with Gasteiger partial charge in [0.2, 0.25) is 0 Å². The van der Waals surface area contributed by atoms with Crippen LogP contribution in [0.2, 0.25) is 0 Å². The highest BCUT2D eigenvalue weighted by molar-refractivity contribution is 5.85. The molecule has 0 spiro atoms. The molecule has 24 heavy (non-hydrogen) atoms. The number of H-pyrrole nitrogens is 2. The second-order valence-electron chi connectivity index (χ2n) is 7.21. The van der Waals surface area contributed by atoms with Crippen LogP contribution in [0.5, 0.6) is 5.75 Å². The molecule has 1 aromatic heterocycles. The molecule has 7 heteroatoms. The molecule has 1 saturated heterocycles. The van der Waals surface area contributed by atoms with E-state index in [9.17, 15) is 9.90 Å². The number of aromatic amines is 2. The van der Waals surface area contributed by atoms with Gasteiger partial charge in [0.1, 0.15) is 17.5 Å². The Kier molecular flexibility index (Phi) is 4.40. The molecule has 132 valence electrons. The fourth-order valence-corrected chi connectivity index (χ4v) is 3.89. The number of benzene rings is 1. The van der Waals surface area contributed by atoms with Gasteiger partial charge >= 0.3 is 5.69 Å². The van der Waals surface area contributed by atoms with Crippen molar-refractivity contribution in [2.45, 2.75) is 50.9 Å². The summed E-state index contributed by atoms with van der Waals surface area (Å²) < 4.78 is 6.06. The van der Waals surface area contributed by atoms with Gasteiger partial charge in [0.25, 0.3) is 0 Å². The number of aliphatic hydroxyl groups is 1. The minimum atomic E-state index is -0.667. The lowest BCUT2D eigenvalue weighted by Gasteiger charge is -2.47. The maximum Gasteiger partial charge on any atom is 0.323 e. The first-order valence-corrected chi connectivity index (χ1v) is 8.33. The third-order valence-corrected chi connectivity index (χ3v) is 5.13. The van der Waals surface area contributed by atoms with Crippen LogP contribution in [0.15, 0.2) is 16.9 Å². The van der Waals surface area contributed by atoms with Gasteiger partial charge in [-0.1, -0.05) is 6.42 Å². The normalized spacial score (nSPS) is 26.5. The average Bonchev–Trinajstić information content (AvgIpc) is 2.86. The Hall–Kier alpha value is -1.50. The summed E-state index contributed by atoms with van der Waals surface area (Å²) >= 11 is 0. The SMILES string of the molecule is CC1(C)Oc2cc3[nH]c(=O)[nH]c3cc2[C@@H](N2CCCCC2)[C@@H]1O.Cl. The van der Waals surface area contributed by atoms with Crippen LogP contribution in [-0.4, -0.2) is 44.8 Å². The highest BCUT2D eigenvalue weighted by atomic mass is 35.5. The molecule has 2 aliphatic rings. The monoisotopic (exact) mass is 353 g/mol. The van der Waals surface area contributed by atoms with Crippen LogP contribution in [0.4, 0.5) is 0 Å². The zero-order valence-electron chi connectivity index (χ0n) is 14.0. The second-order valence-corrected chi connectivity index (χ2v) is 7.21. The molecule has 3 N–H and O–H groups in total. The average molecular weight is 354 g/mol. The minimum absolute atomic E-state index is 0. The molecule has 0 unspecified atom stereocenters. The summed E-state index contributed by atoms with van der Waals surface area (Å²) in [6.45, 7) is 5.81. The number of likely N-dealkylation sites (tertiary alicyclic amines) is 1. The number of hydrogen-bond donors (Lipinski definition) is 3. The first-order valence-electron chi connectivity index (χ1n) is 8.33. The van der Waals surface area contributed by atoms with Gasteiger partial charge in [0.15, 0.2) is 0 Å². The number of fused-ring (bicyclic) bond motifs is 2. The summed E-state index contributed by atoms with van der Waals surface area (Å²) in [5.74, 6) is 0.749. The number of rotatable bonds is 1. The van der Waals surface area contributed by atoms with E-state index in [0.717, 1.165) is 48.3 Å². The molecule has 1 fully saturated rings. The molecule has 2 aromatic rings. The Morgan fingerprint density at radius 3 is 2.46 bits per heavy atom. The number of halogens is 1. The van der Waals surface area contributed by atoms with Gasteiger partial charge in [-0.15, -0.1) is 12.4 Å². The van der Waals surface area contributed by atoms with Crippen molar-refractivity contribution in [1.29, 1.82) is 0 Å². The molecule has 2 aliphatic heterocycles. The molecule has 0 bridgehead atoms. The third-order valence-electron chi connectivity index (χ3n) is 5.13. The Morgan fingerprint density at radius 1 is 1.17 bits per heavy atom. The highest BCUT2D eigenvalue weighted by Gasteiger charge is 2.45. The summed E-state index contributed by atoms with van der Waals surface area (Å²) in [7, 11) is 0. The number of piperidine rings is 1. The van der Waals surface area contributed by atoms with E-state index in [1.807, 2.05) is 26.0 Å². The van der Waals surface area contributed by atoms with Crippen LogP contribution >= 0.6 is 12.4 Å². The number of nitrogens with one attached hydrogen (secondary N) is 2. The lowest BCUT2D eigenvalue weighted by atomic mass is 9.84. The van der Waals surface area contributed by atoms with E-state index in [0.29, 0.717) is 0 Å². The first-order chi connectivity index (χ1) is 11.0. The molecular weight excluding hydrogens is 330 g/mol. The molecule has 0 aliphatic carbocycles. The zero-order chi connectivity index (χ0) is 16.2. The Morgan fingerprint density at radius 2 is 1.79 bits per heavy atom. The highest BCUT2D eigenvalue weighted by Crippen LogP contribution is 2.44. The van der Waals surface area contributed by atoms with Gasteiger partial charge in [-0.05, 0) is 45.8 Å². The molecule has 0 amide bonds. The number of imidazole rings is 1. The Balaban J connectivity index is 0.00000169. The molecule has 1 aromatic carbocycles. The van der Waals surface area contributed by atoms with Crippen molar-refractivity contribution in [2.75, 3.05) is 13.1 Å². The van der Waals surface area contributed by atoms with E-state index < -0.39 is 11.7 Å². The van der Waals surface area contributed by atoms with Crippen molar-refractivity contribution >= 4 is 23.4 Å². The number of aliphatic hydroxyl groups excluding tert-OH is 1. The molecule has 2 atom stereocenters. The molecule has 4 rings (SSSR count). The molecule has 0 saturated carbocycles. The topological polar surface area (TPSA) is 81.4 Å². The van der Waals surface area contributed by atoms with Crippen molar-refractivity contribution < 1.29 is 9.84 Å². The predicted molar refractivity (Wildman–Crippen MR) is 95.0 cm³/mol. The van der Waals surface area contributed by atoms with Crippen LogP contribution in [0.25, 0.3) is 11.0 Å². The summed E-state index contributed by atoms with van der Waals surface area (Å²) in [5, 5.41) is 10.9. The van der Waals surface area contributed by atoms with Crippen molar-refractivity contribution in [3.63, 3.8) is 0 Å². The maximum absolute atomic E-state index is 11.6. The maximum atomic E-state index is 11.6. The number of ether oxygens (including phenoxy) is 1. The van der Waals surface area contributed by atoms with Crippen LogP contribution < -0.4 is 10.4 Å². The quantitative estimate of drug-likeness (QED) is 0.735. The van der Waals surface area contributed by atoms with E-state index >= 15 is 0 Å². The molecule has 3 heterocycles. The summed E-state index contributed by atoms with van der Waals surface area (Å²) in [6, 6.07) is 3.71. The van der Waals surface area contributed by atoms with Crippen LogP contribution in [0.1, 0.15) is 44.7 Å². The molecular formula is C17H24ClN3O3. The van der Waals surface area contributed by atoms with E-state index in [-0.39, 0.29) is 24.1 Å². The summed E-state index contributed by atoms with van der Waals surface area (Å²) in [6.07, 6.45) is 2.94. The van der Waals surface area contributed by atoms with E-state index in [2.05, 4.69) is 14.9 Å². The second kappa shape index (κ2) is 6.10. The fourth-order valence-electron chi connectivity index (χ4n) is 3.89. The Labute approximate surface area is 146 Å². The lowest BCUT2D eigenvalue weighted by Crippen LogP contribution is -2.54. The standard InChI is InChI=1S/C17H23N3O3.ClH/c1-17(2)15(21)14(20-6-4-3-5-7-20)10-8-11-12(9-13(10)23-17)19-16(22)18-11;/h8-9,14-15,21H,3-7H2,1-2H3,(H2,18,19,22);1H/t14-,15+;/m1./s1. The zero-order valence-corrected chi connectivity index (χ0v) is 14.8. The van der Waals surface area contributed by atoms with Gasteiger partial charge in [-0.3, -0.25) is 4.90 Å². The van der Waals surface area contributed by atoms with Crippen molar-refractivity contribution in [2.24, 2.45) is 0 Å². The van der Waals surface area contributed by atoms with Gasteiger partial charge < -0.3 is 19.8 Å². The van der Waals surface area contributed by atoms with Crippen molar-refractivity contribution in [3.05, 3.63) is 28.2 Å². The van der Waals surface area contributed by atoms with Gasteiger partial charge in [0.05, 0.1) is 17.1 Å². The first kappa shape index (κ1) is 17.3. The van der Waals surface area contributed by atoms with Gasteiger partial charge in [-0.25, -0.2) is 4.79 Å². The predicted octanol–water partition coefficient (Wildman–Crippen LogP) is 2.34. The minimum Gasteiger partial charge on any atom is -0.485 e. The van der Waals surface area contributed by atoms with Gasteiger partial charge in [0, 0.05) is 11.6 Å². The van der Waals surface area contributed by atoms with E-state index in [1.165, 1.54) is 6.42 Å². The van der Waals surface area contributed by atoms with Crippen molar-refractivity contribution in [1.82, 2.24) is 14.9 Å². The Bertz CT molecular complexity index is 792. The number of hydrogen-bond acceptors (Lipinski definition) is 4. The third kappa shape index (κ3) is 2.72. The summed E-state index contributed by atoms with van der Waals surface area (Å²) in [5.41, 5.74) is 1.56. The van der Waals surface area contributed by atoms with E-state index in [1.54, 1.807) is 0 Å². The van der Waals surface area contributed by atoms with Crippen LogP contribution in [0, 0.1) is 0 Å². The smallest absolute Gasteiger partial charge is 0.323 e. The van der Waals surface area contributed by atoms with Gasteiger partial charge in [-0.2, -0.15) is 0 Å². The number of nitrogens with zero attached hydrogens (tertiary/aromatic N) is 1. The molecule has 0 radical (unpaired) electrons. The van der Waals surface area contributed by atoms with Crippen LogP contribution in [-0.2, 0) is 0 Å². The van der Waals surface area contributed by atoms with E-state index in [4.69, 9.17) is 4.74 Å².